The highest BCUT2D eigenvalue weighted by Crippen LogP contribution is 2.44. The van der Waals surface area contributed by atoms with Crippen LogP contribution in [0, 0.1) is 0 Å². The number of hydrogen-bond acceptors (Lipinski definition) is 0. The Bertz CT molecular complexity index is 2830. The minimum absolute atomic E-state index is 1.22. The quantitative estimate of drug-likeness (QED) is 0.181. The van der Waals surface area contributed by atoms with Gasteiger partial charge in [-0.25, -0.2) is 0 Å². The van der Waals surface area contributed by atoms with Crippen molar-refractivity contribution in [3.8, 4) is 44.5 Å². The van der Waals surface area contributed by atoms with Gasteiger partial charge in [-0.3, -0.25) is 0 Å². The first kappa shape index (κ1) is 28.5. The summed E-state index contributed by atoms with van der Waals surface area (Å²) < 4.78 is 0. The van der Waals surface area contributed by atoms with Gasteiger partial charge in [0.25, 0.3) is 0 Å². The summed E-state index contributed by atoms with van der Waals surface area (Å²) in [5.41, 5.74) is 9.97. The Morgan fingerprint density at radius 1 is 0.200 bits per heavy atom. The van der Waals surface area contributed by atoms with Crippen molar-refractivity contribution in [1.29, 1.82) is 0 Å². The van der Waals surface area contributed by atoms with Crippen molar-refractivity contribution in [3.05, 3.63) is 194 Å². The molecule has 0 saturated heterocycles. The topological polar surface area (TPSA) is 0 Å². The van der Waals surface area contributed by atoms with E-state index in [1.807, 2.05) is 0 Å². The predicted molar refractivity (Wildman–Crippen MR) is 216 cm³/mol. The van der Waals surface area contributed by atoms with Crippen molar-refractivity contribution in [3.63, 3.8) is 0 Å². The molecule has 0 saturated carbocycles. The lowest BCUT2D eigenvalue weighted by molar-refractivity contribution is 1.64. The zero-order valence-corrected chi connectivity index (χ0v) is 27.5. The van der Waals surface area contributed by atoms with E-state index in [2.05, 4.69) is 194 Å². The van der Waals surface area contributed by atoms with E-state index in [4.69, 9.17) is 0 Å². The third-order valence-corrected chi connectivity index (χ3v) is 10.4. The Balaban J connectivity index is 1.18. The molecule has 0 aliphatic rings. The molecule has 10 aromatic rings. The number of rotatable bonds is 4. The van der Waals surface area contributed by atoms with Crippen LogP contribution in [0.5, 0.6) is 0 Å². The first-order chi connectivity index (χ1) is 24.8. The van der Waals surface area contributed by atoms with E-state index >= 15 is 0 Å². The van der Waals surface area contributed by atoms with Crippen LogP contribution in [0.25, 0.3) is 98.4 Å². The Labute approximate surface area is 291 Å². The van der Waals surface area contributed by atoms with Crippen LogP contribution in [0.4, 0.5) is 0 Å². The van der Waals surface area contributed by atoms with Crippen molar-refractivity contribution < 1.29 is 0 Å². The summed E-state index contributed by atoms with van der Waals surface area (Å²) in [6.45, 7) is 0. The van der Waals surface area contributed by atoms with Gasteiger partial charge in [0.15, 0.2) is 0 Å². The number of fused-ring (bicyclic) bond motifs is 5. The van der Waals surface area contributed by atoms with Gasteiger partial charge < -0.3 is 0 Å². The molecule has 0 amide bonds. The highest BCUT2D eigenvalue weighted by Gasteiger charge is 2.17. The molecule has 0 aliphatic carbocycles. The Hall–Kier alpha value is -6.50. The summed E-state index contributed by atoms with van der Waals surface area (Å²) in [6.07, 6.45) is 0. The zero-order chi connectivity index (χ0) is 33.0. The van der Waals surface area contributed by atoms with E-state index < -0.39 is 0 Å². The summed E-state index contributed by atoms with van der Waals surface area (Å²) in [5, 5.41) is 12.6. The normalized spacial score (nSPS) is 11.6. The third kappa shape index (κ3) is 4.69. The van der Waals surface area contributed by atoms with Gasteiger partial charge in [-0.1, -0.05) is 176 Å². The fourth-order valence-electron chi connectivity index (χ4n) is 7.99. The fourth-order valence-corrected chi connectivity index (χ4v) is 7.99. The standard InChI is InChI=1S/C50H32/c1-2-13-36-30-37(23-22-33(36)10-1)38-24-25-40-32-41(27-26-39(40)31-38)44-28-29-49(46-19-8-15-35-12-4-6-17-43(35)46)50-47(44)20-9-21-48(50)45-18-7-14-34-11-3-5-16-42(34)45/h1-32H. The van der Waals surface area contributed by atoms with Crippen LogP contribution in [0.3, 0.4) is 0 Å². The monoisotopic (exact) mass is 632 g/mol. The second-order valence-electron chi connectivity index (χ2n) is 13.3. The maximum absolute atomic E-state index is 2.36. The first-order valence-corrected chi connectivity index (χ1v) is 17.3. The van der Waals surface area contributed by atoms with E-state index in [9.17, 15) is 0 Å². The first-order valence-electron chi connectivity index (χ1n) is 17.3. The zero-order valence-electron chi connectivity index (χ0n) is 27.5. The van der Waals surface area contributed by atoms with Crippen LogP contribution >= 0.6 is 0 Å². The van der Waals surface area contributed by atoms with Gasteiger partial charge in [0.2, 0.25) is 0 Å². The molecule has 0 heterocycles. The minimum atomic E-state index is 1.22. The Morgan fingerprint density at radius 2 is 0.600 bits per heavy atom. The molecular weight excluding hydrogens is 601 g/mol. The Morgan fingerprint density at radius 3 is 1.26 bits per heavy atom. The molecule has 0 aromatic heterocycles. The van der Waals surface area contributed by atoms with E-state index in [1.54, 1.807) is 0 Å². The van der Waals surface area contributed by atoms with Gasteiger partial charge in [-0.15, -0.1) is 0 Å². The highest BCUT2D eigenvalue weighted by atomic mass is 14.2. The molecular formula is C50H32. The number of hydrogen-bond donors (Lipinski definition) is 0. The molecule has 0 aliphatic heterocycles. The van der Waals surface area contributed by atoms with E-state index in [0.717, 1.165) is 0 Å². The molecule has 50 heavy (non-hydrogen) atoms. The van der Waals surface area contributed by atoms with Gasteiger partial charge in [0, 0.05) is 0 Å². The van der Waals surface area contributed by atoms with Gasteiger partial charge >= 0.3 is 0 Å². The smallest absolute Gasteiger partial charge is 0.00201 e. The van der Waals surface area contributed by atoms with Crippen LogP contribution in [-0.4, -0.2) is 0 Å². The van der Waals surface area contributed by atoms with E-state index in [1.165, 1.54) is 98.4 Å². The van der Waals surface area contributed by atoms with Crippen LogP contribution in [0.2, 0.25) is 0 Å². The average Bonchev–Trinajstić information content (AvgIpc) is 3.19. The second kappa shape index (κ2) is 11.6. The summed E-state index contributed by atoms with van der Waals surface area (Å²) >= 11 is 0. The summed E-state index contributed by atoms with van der Waals surface area (Å²) in [7, 11) is 0. The van der Waals surface area contributed by atoms with Crippen molar-refractivity contribution in [2.45, 2.75) is 0 Å². The molecule has 0 unspecified atom stereocenters. The maximum atomic E-state index is 2.36. The van der Waals surface area contributed by atoms with Crippen molar-refractivity contribution in [1.82, 2.24) is 0 Å². The van der Waals surface area contributed by atoms with Crippen LogP contribution in [0.15, 0.2) is 194 Å². The SMILES string of the molecule is c1ccc2cc(-c3ccc4cc(-c5ccc(-c6cccc7ccccc67)c6c(-c7cccc8ccccc78)cccc56)ccc4c3)ccc2c1. The van der Waals surface area contributed by atoms with E-state index in [-0.39, 0.29) is 0 Å². The molecule has 10 aromatic carbocycles. The molecule has 0 heteroatoms. The fraction of sp³-hybridized carbons (Fsp3) is 0. The molecule has 0 bridgehead atoms. The van der Waals surface area contributed by atoms with Gasteiger partial charge in [0.1, 0.15) is 0 Å². The lowest BCUT2D eigenvalue weighted by Gasteiger charge is -2.18. The molecule has 10 rings (SSSR count). The lowest BCUT2D eigenvalue weighted by atomic mass is 9.85. The van der Waals surface area contributed by atoms with Gasteiger partial charge in [0.05, 0.1) is 0 Å². The summed E-state index contributed by atoms with van der Waals surface area (Å²) in [6, 6.07) is 71.4. The lowest BCUT2D eigenvalue weighted by Crippen LogP contribution is -1.91. The number of benzene rings is 10. The maximum Gasteiger partial charge on any atom is -0.00201 e. The van der Waals surface area contributed by atoms with Crippen LogP contribution < -0.4 is 0 Å². The van der Waals surface area contributed by atoms with Crippen molar-refractivity contribution in [2.24, 2.45) is 0 Å². The van der Waals surface area contributed by atoms with Crippen LogP contribution in [0.1, 0.15) is 0 Å². The molecule has 0 spiro atoms. The average molecular weight is 633 g/mol. The largest absolute Gasteiger partial charge is 0.0616 e. The minimum Gasteiger partial charge on any atom is -0.0616 e. The molecule has 232 valence electrons. The molecule has 0 fully saturated rings. The highest BCUT2D eigenvalue weighted by molar-refractivity contribution is 6.17. The van der Waals surface area contributed by atoms with Crippen molar-refractivity contribution in [2.75, 3.05) is 0 Å². The van der Waals surface area contributed by atoms with Crippen molar-refractivity contribution >= 4 is 53.9 Å². The summed E-state index contributed by atoms with van der Waals surface area (Å²) in [4.78, 5) is 0. The Kier molecular flexibility index (Phi) is 6.60. The van der Waals surface area contributed by atoms with Crippen LogP contribution in [-0.2, 0) is 0 Å². The molecule has 0 radical (unpaired) electrons. The predicted octanol–water partition coefficient (Wildman–Crippen LogP) is 14.1. The molecule has 0 N–H and O–H groups in total. The second-order valence-corrected chi connectivity index (χ2v) is 13.3. The summed E-state index contributed by atoms with van der Waals surface area (Å²) in [5.74, 6) is 0. The van der Waals surface area contributed by atoms with Gasteiger partial charge in [-0.05, 0) is 117 Å². The molecule has 0 nitrogen and oxygen atoms in total. The molecule has 0 atom stereocenters. The van der Waals surface area contributed by atoms with Gasteiger partial charge in [-0.2, -0.15) is 0 Å². The third-order valence-electron chi connectivity index (χ3n) is 10.4. The van der Waals surface area contributed by atoms with E-state index in [0.29, 0.717) is 0 Å².